The molecular formula is C112H105Cl2N21O10S. The summed E-state index contributed by atoms with van der Waals surface area (Å²) in [6.07, 6.45) is 21.0. The van der Waals surface area contributed by atoms with Gasteiger partial charge >= 0.3 is 0 Å². The molecule has 34 heteroatoms. The minimum atomic E-state index is -3.65. The minimum Gasteiger partial charge on any atom is -0.344 e. The number of aromatic nitrogens is 16. The van der Waals surface area contributed by atoms with E-state index in [9.17, 15) is 46.8 Å². The van der Waals surface area contributed by atoms with Crippen LogP contribution >= 0.6 is 23.2 Å². The molecule has 4 atom stereocenters. The predicted octanol–water partition coefficient (Wildman–Crippen LogP) is 19.1. The third-order valence-electron chi connectivity index (χ3n) is 27.0. The molecule has 31 nitrogen and oxygen atoms in total. The van der Waals surface area contributed by atoms with Crippen molar-refractivity contribution in [2.75, 3.05) is 0 Å². The number of nitrogens with zero attached hydrogens (tertiary/aromatic N) is 16. The van der Waals surface area contributed by atoms with Crippen molar-refractivity contribution >= 4 is 117 Å². The Balaban J connectivity index is 0.000000123. The molecule has 0 spiro atoms. The van der Waals surface area contributed by atoms with E-state index < -0.39 is 40.1 Å². The van der Waals surface area contributed by atoms with Gasteiger partial charge in [0, 0.05) is 107 Å². The largest absolute Gasteiger partial charge is 0.344 e. The topological polar surface area (TPSA) is 380 Å². The molecule has 22 rings (SSSR count). The molecule has 146 heavy (non-hydrogen) atoms. The Morgan fingerprint density at radius 3 is 1.45 bits per heavy atom. The monoisotopic (exact) mass is 2010 g/mol. The predicted molar refractivity (Wildman–Crippen MR) is 566 cm³/mol. The quantitative estimate of drug-likeness (QED) is 0.0446. The van der Waals surface area contributed by atoms with Crippen LogP contribution in [0.3, 0.4) is 0 Å². The average Bonchev–Trinajstić information content (AvgIpc) is 1.36. The summed E-state index contributed by atoms with van der Waals surface area (Å²) in [5, 5.41) is 31.8. The lowest BCUT2D eigenvalue weighted by atomic mass is 9.94. The average molecular weight is 2010 g/mol. The van der Waals surface area contributed by atoms with E-state index in [0.29, 0.717) is 117 Å². The van der Waals surface area contributed by atoms with E-state index in [4.69, 9.17) is 23.2 Å². The number of carbonyl (C=O) groups excluding carboxylic acids is 4. The zero-order chi connectivity index (χ0) is 102. The van der Waals surface area contributed by atoms with Gasteiger partial charge in [-0.05, 0) is 255 Å². The van der Waals surface area contributed by atoms with Crippen LogP contribution in [0.15, 0.2) is 280 Å². The van der Waals surface area contributed by atoms with E-state index >= 15 is 0 Å². The molecule has 7 aromatic carbocycles. The van der Waals surface area contributed by atoms with Crippen molar-refractivity contribution in [2.24, 2.45) is 7.05 Å². The number of halogens is 2. The second-order valence-corrected chi connectivity index (χ2v) is 39.9. The van der Waals surface area contributed by atoms with Crippen LogP contribution in [0.5, 0.6) is 0 Å². The summed E-state index contributed by atoms with van der Waals surface area (Å²) in [5.74, 6) is -0.858. The van der Waals surface area contributed by atoms with Gasteiger partial charge in [-0.25, -0.2) is 46.6 Å². The van der Waals surface area contributed by atoms with Crippen molar-refractivity contribution in [3.63, 3.8) is 0 Å². The Bertz CT molecular complexity index is 8810. The summed E-state index contributed by atoms with van der Waals surface area (Å²) < 4.78 is 39.6. The first kappa shape index (κ1) is 98.6. The first-order chi connectivity index (χ1) is 70.3. The van der Waals surface area contributed by atoms with Gasteiger partial charge in [-0.1, -0.05) is 152 Å². The highest BCUT2D eigenvalue weighted by molar-refractivity contribution is 7.89. The van der Waals surface area contributed by atoms with Crippen LogP contribution in [0.4, 0.5) is 0 Å². The molecular weight excluding hydrogens is 1900 g/mol. The maximum Gasteiger partial charge on any atom is 0.272 e. The second kappa shape index (κ2) is 41.3. The summed E-state index contributed by atoms with van der Waals surface area (Å²) in [4.78, 5) is 135. The molecule has 3 fully saturated rings. The number of amides is 4. The fraction of sp³-hybridized carbons (Fsp3) is 0.241. The number of benzene rings is 7. The number of hydrogen-bond acceptors (Lipinski definition) is 19. The van der Waals surface area contributed by atoms with Crippen LogP contribution in [0.2, 0.25) is 10.0 Å². The van der Waals surface area contributed by atoms with Crippen molar-refractivity contribution < 1.29 is 27.6 Å². The SMILES string of the molecule is Cc1cc(-c2cccc3cc([C@H](C)NC(=O)c4c(C)nn5ccc(C)nc45)n(-c4ccccc4)c(=O)c23)ccn1.Cc1ncc(-c2cccc(S(=O)(=O)NC3CC3)c2)nc1C(=O)N[C@@H](C)c1cc2cccc(Cl)c2c(=O)n1C.Cc1nn2cccnc2c1C(=O)N[C@@H](C)c1cc2cccc(C3CC3)c2c(=O)n1-c1ccccc1.Cc1nn2cccnc2c1C(=O)N[C@@H](C)c1cc2cccc(Cl)c2c(=O)n1C1CCCCC1. The summed E-state index contributed by atoms with van der Waals surface area (Å²) in [7, 11) is -2.02. The fourth-order valence-electron chi connectivity index (χ4n) is 19.5. The van der Waals surface area contributed by atoms with E-state index in [1.807, 2.05) is 185 Å². The number of sulfonamides is 1. The number of pyridine rings is 5. The van der Waals surface area contributed by atoms with Gasteiger partial charge < -0.3 is 30.4 Å². The highest BCUT2D eigenvalue weighted by Gasteiger charge is 2.34. The van der Waals surface area contributed by atoms with Gasteiger partial charge in [-0.3, -0.25) is 57.5 Å². The number of carbonyl (C=O) groups is 4. The fourth-order valence-corrected chi connectivity index (χ4v) is 21.3. The zero-order valence-electron chi connectivity index (χ0n) is 82.1. The number of rotatable bonds is 21. The molecule has 738 valence electrons. The lowest BCUT2D eigenvalue weighted by Gasteiger charge is -2.29. The van der Waals surface area contributed by atoms with Crippen LogP contribution in [0, 0.1) is 41.5 Å². The van der Waals surface area contributed by atoms with Crippen molar-refractivity contribution in [3.05, 3.63) is 392 Å². The molecule has 0 bridgehead atoms. The molecule has 0 saturated heterocycles. The third-order valence-corrected chi connectivity index (χ3v) is 29.1. The van der Waals surface area contributed by atoms with Gasteiger partial charge in [0.2, 0.25) is 10.0 Å². The maximum absolute atomic E-state index is 14.3. The molecule has 12 heterocycles. The first-order valence-electron chi connectivity index (χ1n) is 48.5. The second-order valence-electron chi connectivity index (χ2n) is 37.4. The van der Waals surface area contributed by atoms with Gasteiger partial charge in [0.25, 0.3) is 45.9 Å². The van der Waals surface area contributed by atoms with Crippen LogP contribution in [-0.2, 0) is 17.1 Å². The lowest BCUT2D eigenvalue weighted by Crippen LogP contribution is -2.35. The van der Waals surface area contributed by atoms with Gasteiger partial charge in [0.1, 0.15) is 22.4 Å². The van der Waals surface area contributed by atoms with Gasteiger partial charge in [-0.15, -0.1) is 0 Å². The van der Waals surface area contributed by atoms with Gasteiger partial charge in [0.05, 0.1) is 95.3 Å². The summed E-state index contributed by atoms with van der Waals surface area (Å²) in [6, 6.07) is 63.4. The molecule has 3 saturated carbocycles. The zero-order valence-corrected chi connectivity index (χ0v) is 84.4. The van der Waals surface area contributed by atoms with Gasteiger partial charge in [0.15, 0.2) is 16.9 Å². The number of aryl methyl sites for hydroxylation is 6. The van der Waals surface area contributed by atoms with E-state index in [0.717, 1.165) is 124 Å². The number of hydrogen-bond donors (Lipinski definition) is 5. The summed E-state index contributed by atoms with van der Waals surface area (Å²) in [5.41, 5.74) is 14.2. The Kier molecular flexibility index (Phi) is 27.9. The van der Waals surface area contributed by atoms with Crippen molar-refractivity contribution in [3.8, 4) is 33.8 Å². The number of nitrogens with one attached hydrogen (secondary N) is 5. The molecule has 0 radical (unpaired) electrons. The summed E-state index contributed by atoms with van der Waals surface area (Å²) in [6.45, 7) is 18.3. The number of fused-ring (bicyclic) bond motifs is 7. The standard InChI is InChI=1S/C32H28N6O2.C28H25N5O2.C27H26ClN5O4S.C25H26ClN5O2/c1-19-14-16-37-30(34-19)28(22(4)36-37)31(39)35-21(3)27-18-24-9-8-12-26(23-13-15-33-20(2)17-23)29(24)32(40)38(27)25-10-6-5-7-11-25;1-17(30-27(34)24-18(2)31-32-15-7-14-29-26(24)32)23-16-20-8-6-11-22(19-12-13-19)25(20)28(35)33(23)21-9-4-3-5-10-21;1-15(23-13-18-7-5-9-21(28)24(18)27(35)33(23)3)30-26(34)25-16(2)29-14-22(31-25)17-6-4-8-20(12-17)38(36,37)32-19-10-11-19;1-15(28-24(32)21-16(2)29-30-13-7-12-27-23(21)30)20-14-17-8-6-11-19(26)22(17)25(33)31(20)18-9-4-3-5-10-18/h5-18,21H,1-4H3,(H,35,39);3-11,14-17,19H,12-13H2,1-2H3,(H,30,34);4-9,12-15,19,32H,10-11H2,1-3H3,(H,30,34);6-8,11-15,18H,3-5,9-10H2,1-2H3,(H,28,32)/t21-;17-;2*15-/m0000/s1. The highest BCUT2D eigenvalue weighted by Crippen LogP contribution is 2.43. The Morgan fingerprint density at radius 2 is 0.890 bits per heavy atom. The molecule has 12 aromatic heterocycles. The first-order valence-corrected chi connectivity index (χ1v) is 50.7. The van der Waals surface area contributed by atoms with Crippen LogP contribution in [0.25, 0.3) is 93.8 Å². The van der Waals surface area contributed by atoms with Crippen LogP contribution < -0.4 is 48.2 Å². The smallest absolute Gasteiger partial charge is 0.272 e. The van der Waals surface area contributed by atoms with E-state index in [-0.39, 0.29) is 62.6 Å². The minimum absolute atomic E-state index is 0.0146. The molecule has 4 amide bonds. The van der Waals surface area contributed by atoms with E-state index in [1.54, 1.807) is 150 Å². The Labute approximate surface area is 848 Å². The van der Waals surface area contributed by atoms with Gasteiger partial charge in [-0.2, -0.15) is 15.3 Å². The van der Waals surface area contributed by atoms with Crippen molar-refractivity contribution in [1.29, 1.82) is 0 Å². The lowest BCUT2D eigenvalue weighted by molar-refractivity contribution is 0.0925. The summed E-state index contributed by atoms with van der Waals surface area (Å²) >= 11 is 12.7. The highest BCUT2D eigenvalue weighted by atomic mass is 35.5. The molecule has 3 aliphatic rings. The van der Waals surface area contributed by atoms with Crippen molar-refractivity contribution in [1.82, 2.24) is 103 Å². The maximum atomic E-state index is 14.3. The van der Waals surface area contributed by atoms with E-state index in [1.165, 1.54) is 29.3 Å². The van der Waals surface area contributed by atoms with Crippen molar-refractivity contribution in [2.45, 2.75) is 174 Å². The molecule has 19 aromatic rings. The number of para-hydroxylation sites is 2. The van der Waals surface area contributed by atoms with Crippen LogP contribution in [0.1, 0.15) is 226 Å². The molecule has 0 aliphatic heterocycles. The molecule has 0 unspecified atom stereocenters. The Hall–Kier alpha value is -16.2. The third kappa shape index (κ3) is 20.0. The Morgan fingerprint density at radius 1 is 0.404 bits per heavy atom. The molecule has 5 N–H and O–H groups in total. The normalized spacial score (nSPS) is 14.1. The molecule has 3 aliphatic carbocycles. The van der Waals surface area contributed by atoms with Crippen LogP contribution in [-0.4, -0.2) is 115 Å². The van der Waals surface area contributed by atoms with E-state index in [2.05, 4.69) is 77.3 Å².